The van der Waals surface area contributed by atoms with E-state index in [1.165, 1.54) is 0 Å². The molecule has 0 aliphatic carbocycles. The van der Waals surface area contributed by atoms with Crippen molar-refractivity contribution in [2.75, 3.05) is 26.7 Å². The molecule has 1 aromatic carbocycles. The Morgan fingerprint density at radius 2 is 2.04 bits per heavy atom. The summed E-state index contributed by atoms with van der Waals surface area (Å²) in [6.07, 6.45) is 2.59. The fraction of sp³-hybridized carbons (Fsp3) is 0.619. The standard InChI is InChI=1S/C21H31N3O3/c1-20(2,3)22-19(26)24-12-10-21(15-24)9-6-11-23(18(21)25)14-16-7-5-8-17(13-16)27-4/h5,7-8,13H,6,9-12,14-15H2,1-4H3,(H,22,26)/t21-/m0/s1. The van der Waals surface area contributed by atoms with E-state index in [1.54, 1.807) is 12.0 Å². The van der Waals surface area contributed by atoms with Crippen LogP contribution in [0.5, 0.6) is 5.75 Å². The highest BCUT2D eigenvalue weighted by molar-refractivity contribution is 5.86. The Morgan fingerprint density at radius 3 is 2.74 bits per heavy atom. The van der Waals surface area contributed by atoms with Crippen molar-refractivity contribution >= 4 is 11.9 Å². The highest BCUT2D eigenvalue weighted by atomic mass is 16.5. The first-order valence-electron chi connectivity index (χ1n) is 9.72. The van der Waals surface area contributed by atoms with Gasteiger partial charge in [-0.1, -0.05) is 12.1 Å². The first-order valence-corrected chi connectivity index (χ1v) is 9.72. The second kappa shape index (κ2) is 7.41. The van der Waals surface area contributed by atoms with Crippen molar-refractivity contribution in [1.82, 2.24) is 15.1 Å². The minimum Gasteiger partial charge on any atom is -0.497 e. The predicted molar refractivity (Wildman–Crippen MR) is 105 cm³/mol. The molecule has 0 aromatic heterocycles. The van der Waals surface area contributed by atoms with E-state index < -0.39 is 5.41 Å². The van der Waals surface area contributed by atoms with Crippen molar-refractivity contribution < 1.29 is 14.3 Å². The molecule has 148 valence electrons. The predicted octanol–water partition coefficient (Wildman–Crippen LogP) is 3.02. The zero-order valence-corrected chi connectivity index (χ0v) is 16.9. The van der Waals surface area contributed by atoms with Gasteiger partial charge in [0.25, 0.3) is 0 Å². The molecule has 6 nitrogen and oxygen atoms in total. The zero-order valence-electron chi connectivity index (χ0n) is 16.9. The van der Waals surface area contributed by atoms with E-state index in [9.17, 15) is 9.59 Å². The molecule has 2 fully saturated rings. The van der Waals surface area contributed by atoms with Gasteiger partial charge in [0.05, 0.1) is 12.5 Å². The van der Waals surface area contributed by atoms with Crippen molar-refractivity contribution in [3.8, 4) is 5.75 Å². The normalized spacial score (nSPS) is 23.0. The number of urea groups is 1. The molecule has 1 aromatic rings. The van der Waals surface area contributed by atoms with Crippen molar-refractivity contribution in [3.63, 3.8) is 0 Å². The van der Waals surface area contributed by atoms with E-state index in [2.05, 4.69) is 5.32 Å². The lowest BCUT2D eigenvalue weighted by Crippen LogP contribution is -2.52. The maximum Gasteiger partial charge on any atom is 0.317 e. The first kappa shape index (κ1) is 19.5. The van der Waals surface area contributed by atoms with E-state index in [0.29, 0.717) is 19.6 Å². The minimum atomic E-state index is -0.424. The number of nitrogens with one attached hydrogen (secondary N) is 1. The molecule has 0 saturated carbocycles. The van der Waals surface area contributed by atoms with Crippen LogP contribution in [0.25, 0.3) is 0 Å². The van der Waals surface area contributed by atoms with Crippen molar-refractivity contribution in [2.24, 2.45) is 5.41 Å². The summed E-state index contributed by atoms with van der Waals surface area (Å²) in [6.45, 7) is 8.43. The third kappa shape index (κ3) is 4.37. The van der Waals surface area contributed by atoms with Gasteiger partial charge in [-0.25, -0.2) is 4.79 Å². The first-order chi connectivity index (χ1) is 12.7. The SMILES string of the molecule is COc1cccc(CN2CCC[C@@]3(CCN(C(=O)NC(C)(C)C)C3)C2=O)c1. The number of carbonyl (C=O) groups is 2. The molecule has 2 aliphatic heterocycles. The van der Waals surface area contributed by atoms with Gasteiger partial charge in [-0.05, 0) is 57.7 Å². The number of piperidine rings is 1. The molecule has 3 amide bonds. The Hall–Kier alpha value is -2.24. The molecule has 0 radical (unpaired) electrons. The van der Waals surface area contributed by atoms with Crippen LogP contribution in [-0.2, 0) is 11.3 Å². The van der Waals surface area contributed by atoms with Gasteiger partial charge in [0, 0.05) is 31.7 Å². The van der Waals surface area contributed by atoms with E-state index in [-0.39, 0.29) is 17.5 Å². The van der Waals surface area contributed by atoms with Crippen LogP contribution in [0.15, 0.2) is 24.3 Å². The fourth-order valence-corrected chi connectivity index (χ4v) is 4.12. The molecule has 2 saturated heterocycles. The van der Waals surface area contributed by atoms with Gasteiger partial charge >= 0.3 is 6.03 Å². The molecule has 6 heteroatoms. The highest BCUT2D eigenvalue weighted by Gasteiger charge is 2.49. The Bertz CT molecular complexity index is 713. The third-order valence-electron chi connectivity index (χ3n) is 5.45. The van der Waals surface area contributed by atoms with Crippen LogP contribution < -0.4 is 10.1 Å². The molecule has 27 heavy (non-hydrogen) atoms. The molecule has 1 spiro atoms. The molecule has 1 atom stereocenters. The van der Waals surface area contributed by atoms with Gasteiger partial charge in [-0.2, -0.15) is 0 Å². The second-order valence-electron chi connectivity index (χ2n) is 8.81. The average molecular weight is 373 g/mol. The van der Waals surface area contributed by atoms with Crippen LogP contribution in [0.2, 0.25) is 0 Å². The van der Waals surface area contributed by atoms with Crippen molar-refractivity contribution in [1.29, 1.82) is 0 Å². The van der Waals surface area contributed by atoms with Crippen LogP contribution in [0, 0.1) is 5.41 Å². The van der Waals surface area contributed by atoms with Crippen LogP contribution in [0.3, 0.4) is 0 Å². The number of rotatable bonds is 3. The molecule has 2 heterocycles. The maximum absolute atomic E-state index is 13.3. The Morgan fingerprint density at radius 1 is 1.26 bits per heavy atom. The number of methoxy groups -OCH3 is 1. The third-order valence-corrected chi connectivity index (χ3v) is 5.45. The summed E-state index contributed by atoms with van der Waals surface area (Å²) < 4.78 is 5.29. The largest absolute Gasteiger partial charge is 0.497 e. The lowest BCUT2D eigenvalue weighted by molar-refractivity contribution is -0.146. The Balaban J connectivity index is 1.68. The molecular formula is C21H31N3O3. The number of carbonyl (C=O) groups excluding carboxylic acids is 2. The van der Waals surface area contributed by atoms with E-state index in [0.717, 1.165) is 37.1 Å². The Kier molecular flexibility index (Phi) is 5.36. The topological polar surface area (TPSA) is 61.9 Å². The summed E-state index contributed by atoms with van der Waals surface area (Å²) in [6, 6.07) is 7.79. The lowest BCUT2D eigenvalue weighted by Gasteiger charge is -2.39. The summed E-state index contributed by atoms with van der Waals surface area (Å²) in [5, 5.41) is 3.01. The number of ether oxygens (including phenoxy) is 1. The van der Waals surface area contributed by atoms with E-state index >= 15 is 0 Å². The zero-order chi connectivity index (χ0) is 19.7. The quantitative estimate of drug-likeness (QED) is 0.886. The second-order valence-corrected chi connectivity index (χ2v) is 8.81. The smallest absolute Gasteiger partial charge is 0.317 e. The molecule has 2 aliphatic rings. The van der Waals surface area contributed by atoms with Gasteiger partial charge in [0.1, 0.15) is 5.75 Å². The highest BCUT2D eigenvalue weighted by Crippen LogP contribution is 2.40. The Labute approximate surface area is 161 Å². The molecular weight excluding hydrogens is 342 g/mol. The lowest BCUT2D eigenvalue weighted by atomic mass is 9.78. The summed E-state index contributed by atoms with van der Waals surface area (Å²) in [7, 11) is 1.65. The number of amides is 3. The van der Waals surface area contributed by atoms with Gasteiger partial charge in [-0.3, -0.25) is 4.79 Å². The number of likely N-dealkylation sites (tertiary alicyclic amines) is 2. The maximum atomic E-state index is 13.3. The number of hydrogen-bond acceptors (Lipinski definition) is 3. The number of hydrogen-bond donors (Lipinski definition) is 1. The molecule has 1 N–H and O–H groups in total. The van der Waals surface area contributed by atoms with Crippen molar-refractivity contribution in [2.45, 2.75) is 52.1 Å². The van der Waals surface area contributed by atoms with Gasteiger partial charge in [0.15, 0.2) is 0 Å². The van der Waals surface area contributed by atoms with Gasteiger partial charge in [0.2, 0.25) is 5.91 Å². The summed E-state index contributed by atoms with van der Waals surface area (Å²) >= 11 is 0. The summed E-state index contributed by atoms with van der Waals surface area (Å²) in [5.74, 6) is 0.986. The van der Waals surface area contributed by atoms with Crippen LogP contribution in [0.4, 0.5) is 4.79 Å². The average Bonchev–Trinajstić information content (AvgIpc) is 3.03. The van der Waals surface area contributed by atoms with Crippen LogP contribution in [0.1, 0.15) is 45.6 Å². The number of nitrogens with zero attached hydrogens (tertiary/aromatic N) is 2. The molecule has 0 unspecified atom stereocenters. The van der Waals surface area contributed by atoms with Crippen LogP contribution in [-0.4, -0.2) is 54.0 Å². The monoisotopic (exact) mass is 373 g/mol. The van der Waals surface area contributed by atoms with E-state index in [1.807, 2.05) is 49.9 Å². The molecule has 0 bridgehead atoms. The van der Waals surface area contributed by atoms with Crippen molar-refractivity contribution in [3.05, 3.63) is 29.8 Å². The number of benzene rings is 1. The van der Waals surface area contributed by atoms with Gasteiger partial charge < -0.3 is 19.9 Å². The molecule has 3 rings (SSSR count). The van der Waals surface area contributed by atoms with E-state index in [4.69, 9.17) is 4.74 Å². The summed E-state index contributed by atoms with van der Waals surface area (Å²) in [4.78, 5) is 29.6. The minimum absolute atomic E-state index is 0.0721. The summed E-state index contributed by atoms with van der Waals surface area (Å²) in [5.41, 5.74) is 0.369. The van der Waals surface area contributed by atoms with Gasteiger partial charge in [-0.15, -0.1) is 0 Å². The van der Waals surface area contributed by atoms with Crippen LogP contribution >= 0.6 is 0 Å². The fourth-order valence-electron chi connectivity index (χ4n) is 4.12.